The summed E-state index contributed by atoms with van der Waals surface area (Å²) in [4.78, 5) is 12.3. The van der Waals surface area contributed by atoms with Crippen LogP contribution in [0.3, 0.4) is 0 Å². The van der Waals surface area contributed by atoms with Crippen molar-refractivity contribution in [2.24, 2.45) is 0 Å². The maximum absolute atomic E-state index is 12.3. The van der Waals surface area contributed by atoms with E-state index in [4.69, 9.17) is 0 Å². The van der Waals surface area contributed by atoms with Crippen LogP contribution in [0.4, 0.5) is 0 Å². The quantitative estimate of drug-likeness (QED) is 0.694. The largest absolute Gasteiger partial charge is 0.304 e. The molecule has 3 aromatic rings. The van der Waals surface area contributed by atoms with Gasteiger partial charge in [-0.3, -0.25) is 4.79 Å². The fourth-order valence-corrected chi connectivity index (χ4v) is 2.93. The molecule has 3 heteroatoms. The highest BCUT2D eigenvalue weighted by Gasteiger charge is 2.06. The minimum absolute atomic E-state index is 0.0428. The van der Waals surface area contributed by atoms with Gasteiger partial charge in [0.05, 0.1) is 12.1 Å². The van der Waals surface area contributed by atoms with Gasteiger partial charge in [0.2, 0.25) is 0 Å². The number of para-hydroxylation sites is 1. The fraction of sp³-hybridized carbons (Fsp3) is 0.118. The summed E-state index contributed by atoms with van der Waals surface area (Å²) in [5.41, 5.74) is 3.16. The Kier molecular flexibility index (Phi) is 3.45. The van der Waals surface area contributed by atoms with E-state index in [2.05, 4.69) is 22.0 Å². The first-order chi connectivity index (χ1) is 9.65. The number of nitrogens with zero attached hydrogens (tertiary/aromatic N) is 1. The zero-order chi connectivity index (χ0) is 14.1. The number of rotatable bonds is 2. The number of pyridine rings is 1. The molecule has 0 saturated heterocycles. The molecule has 1 heterocycles. The van der Waals surface area contributed by atoms with E-state index in [0.29, 0.717) is 6.54 Å². The molecule has 0 aliphatic carbocycles. The number of aryl methyl sites for hydroxylation is 1. The minimum Gasteiger partial charge on any atom is -0.304 e. The van der Waals surface area contributed by atoms with Crippen LogP contribution in [0.25, 0.3) is 10.9 Å². The standard InChI is InChI=1S/C17H14BrNO/c1-12-9-17(20)19(16-8-3-2-7-15(12)16)11-13-5-4-6-14(18)10-13/h2-10H,11H2,1H3. The lowest BCUT2D eigenvalue weighted by atomic mass is 10.1. The molecule has 2 nitrogen and oxygen atoms in total. The predicted octanol–water partition coefficient (Wildman–Crippen LogP) is 4.12. The summed E-state index contributed by atoms with van der Waals surface area (Å²) in [6.45, 7) is 2.56. The normalized spacial score (nSPS) is 10.9. The van der Waals surface area contributed by atoms with Crippen molar-refractivity contribution in [1.29, 1.82) is 0 Å². The Morgan fingerprint density at radius 3 is 2.65 bits per heavy atom. The van der Waals surface area contributed by atoms with Gasteiger partial charge in [0, 0.05) is 15.9 Å². The third-order valence-corrected chi connectivity index (χ3v) is 3.95. The lowest BCUT2D eigenvalue weighted by molar-refractivity contribution is 0.792. The molecule has 0 fully saturated rings. The zero-order valence-electron chi connectivity index (χ0n) is 11.1. The molecule has 0 radical (unpaired) electrons. The summed E-state index contributed by atoms with van der Waals surface area (Å²) < 4.78 is 2.85. The summed E-state index contributed by atoms with van der Waals surface area (Å²) in [5, 5.41) is 1.13. The van der Waals surface area contributed by atoms with Crippen LogP contribution in [0.5, 0.6) is 0 Å². The third kappa shape index (κ3) is 2.41. The van der Waals surface area contributed by atoms with Gasteiger partial charge in [0.15, 0.2) is 0 Å². The molecule has 2 aromatic carbocycles. The maximum Gasteiger partial charge on any atom is 0.251 e. The van der Waals surface area contributed by atoms with Gasteiger partial charge in [-0.2, -0.15) is 0 Å². The highest BCUT2D eigenvalue weighted by atomic mass is 79.9. The average molecular weight is 328 g/mol. The first kappa shape index (κ1) is 13.1. The zero-order valence-corrected chi connectivity index (χ0v) is 12.7. The number of aromatic nitrogens is 1. The molecule has 0 spiro atoms. The van der Waals surface area contributed by atoms with Crippen molar-refractivity contribution >= 4 is 26.8 Å². The van der Waals surface area contributed by atoms with E-state index in [1.165, 1.54) is 0 Å². The van der Waals surface area contributed by atoms with Crippen LogP contribution in [-0.2, 0) is 6.54 Å². The molecule has 0 N–H and O–H groups in total. The Hall–Kier alpha value is -1.87. The topological polar surface area (TPSA) is 22.0 Å². The molecule has 0 amide bonds. The third-order valence-electron chi connectivity index (χ3n) is 3.46. The van der Waals surface area contributed by atoms with Crippen LogP contribution in [0, 0.1) is 6.92 Å². The molecule has 3 rings (SSSR count). The van der Waals surface area contributed by atoms with Crippen molar-refractivity contribution in [3.8, 4) is 0 Å². The molecule has 0 unspecified atom stereocenters. The highest BCUT2D eigenvalue weighted by molar-refractivity contribution is 9.10. The van der Waals surface area contributed by atoms with Gasteiger partial charge in [0.1, 0.15) is 0 Å². The van der Waals surface area contributed by atoms with Gasteiger partial charge in [-0.1, -0.05) is 46.3 Å². The van der Waals surface area contributed by atoms with E-state index in [1.54, 1.807) is 6.07 Å². The van der Waals surface area contributed by atoms with Crippen molar-refractivity contribution in [1.82, 2.24) is 4.57 Å². The van der Waals surface area contributed by atoms with Crippen molar-refractivity contribution in [3.63, 3.8) is 0 Å². The van der Waals surface area contributed by atoms with Crippen LogP contribution in [0.2, 0.25) is 0 Å². The van der Waals surface area contributed by atoms with Gasteiger partial charge < -0.3 is 4.57 Å². The lowest BCUT2D eigenvalue weighted by Gasteiger charge is -2.12. The van der Waals surface area contributed by atoms with Crippen LogP contribution in [0.1, 0.15) is 11.1 Å². The van der Waals surface area contributed by atoms with E-state index in [1.807, 2.05) is 54.0 Å². The van der Waals surface area contributed by atoms with E-state index in [0.717, 1.165) is 26.5 Å². The van der Waals surface area contributed by atoms with E-state index in [9.17, 15) is 4.79 Å². The van der Waals surface area contributed by atoms with Crippen molar-refractivity contribution in [3.05, 3.63) is 80.6 Å². The van der Waals surface area contributed by atoms with Gasteiger partial charge in [-0.25, -0.2) is 0 Å². The molecule has 100 valence electrons. The smallest absolute Gasteiger partial charge is 0.251 e. The summed E-state index contributed by atoms with van der Waals surface area (Å²) in [5.74, 6) is 0. The summed E-state index contributed by atoms with van der Waals surface area (Å²) in [6.07, 6.45) is 0. The van der Waals surface area contributed by atoms with Crippen molar-refractivity contribution in [2.75, 3.05) is 0 Å². The van der Waals surface area contributed by atoms with E-state index < -0.39 is 0 Å². The lowest BCUT2D eigenvalue weighted by Crippen LogP contribution is -2.20. The second kappa shape index (κ2) is 5.25. The second-order valence-corrected chi connectivity index (χ2v) is 5.81. The number of hydrogen-bond donors (Lipinski definition) is 0. The molecular weight excluding hydrogens is 314 g/mol. The Morgan fingerprint density at radius 2 is 1.85 bits per heavy atom. The number of benzene rings is 2. The molecule has 20 heavy (non-hydrogen) atoms. The van der Waals surface area contributed by atoms with Crippen LogP contribution in [0.15, 0.2) is 63.9 Å². The van der Waals surface area contributed by atoms with Gasteiger partial charge >= 0.3 is 0 Å². The van der Waals surface area contributed by atoms with Gasteiger partial charge in [-0.05, 0) is 36.2 Å². The molecule has 1 aromatic heterocycles. The first-order valence-electron chi connectivity index (χ1n) is 6.49. The molecule has 0 saturated carbocycles. The van der Waals surface area contributed by atoms with Crippen LogP contribution < -0.4 is 5.56 Å². The van der Waals surface area contributed by atoms with E-state index in [-0.39, 0.29) is 5.56 Å². The second-order valence-electron chi connectivity index (χ2n) is 4.90. The Balaban J connectivity index is 2.19. The van der Waals surface area contributed by atoms with Crippen molar-refractivity contribution < 1.29 is 0 Å². The number of hydrogen-bond acceptors (Lipinski definition) is 1. The highest BCUT2D eigenvalue weighted by Crippen LogP contribution is 2.18. The van der Waals surface area contributed by atoms with Crippen LogP contribution >= 0.6 is 15.9 Å². The molecule has 0 bridgehead atoms. The number of fused-ring (bicyclic) bond motifs is 1. The Morgan fingerprint density at radius 1 is 1.05 bits per heavy atom. The van der Waals surface area contributed by atoms with E-state index >= 15 is 0 Å². The first-order valence-corrected chi connectivity index (χ1v) is 7.28. The Bertz CT molecular complexity index is 836. The summed E-state index contributed by atoms with van der Waals surface area (Å²) >= 11 is 3.47. The summed E-state index contributed by atoms with van der Waals surface area (Å²) in [6, 6.07) is 17.8. The van der Waals surface area contributed by atoms with Crippen LogP contribution in [-0.4, -0.2) is 4.57 Å². The molecule has 0 aliphatic heterocycles. The monoisotopic (exact) mass is 327 g/mol. The molecular formula is C17H14BrNO. The Labute approximate surface area is 125 Å². The minimum atomic E-state index is 0.0428. The summed E-state index contributed by atoms with van der Waals surface area (Å²) in [7, 11) is 0. The van der Waals surface area contributed by atoms with Crippen molar-refractivity contribution in [2.45, 2.75) is 13.5 Å². The maximum atomic E-state index is 12.3. The average Bonchev–Trinajstić information content (AvgIpc) is 2.43. The number of halogens is 1. The molecule has 0 atom stereocenters. The molecule has 0 aliphatic rings. The van der Waals surface area contributed by atoms with Gasteiger partial charge in [0.25, 0.3) is 5.56 Å². The SMILES string of the molecule is Cc1cc(=O)n(Cc2cccc(Br)c2)c2ccccc12. The van der Waals surface area contributed by atoms with Gasteiger partial charge in [-0.15, -0.1) is 0 Å². The predicted molar refractivity (Wildman–Crippen MR) is 86.2 cm³/mol. The fourth-order valence-electron chi connectivity index (χ4n) is 2.48.